The maximum Gasteiger partial charge on any atom is 0.316 e. The minimum Gasteiger partial charge on any atom is -0.467 e. The van der Waals surface area contributed by atoms with Crippen LogP contribution in [0, 0.1) is 6.92 Å². The Morgan fingerprint density at radius 1 is 1.14 bits per heavy atom. The van der Waals surface area contributed by atoms with Crippen molar-refractivity contribution in [1.29, 1.82) is 0 Å². The smallest absolute Gasteiger partial charge is 0.316 e. The van der Waals surface area contributed by atoms with Crippen molar-refractivity contribution in [3.8, 4) is 6.01 Å². The Bertz CT molecular complexity index is 764. The van der Waals surface area contributed by atoms with Crippen LogP contribution in [0.5, 0.6) is 6.01 Å². The van der Waals surface area contributed by atoms with E-state index in [1.807, 2.05) is 0 Å². The number of anilines is 1. The first kappa shape index (κ1) is 15.8. The summed E-state index contributed by atoms with van der Waals surface area (Å²) in [5.41, 5.74) is 0.798. The van der Waals surface area contributed by atoms with E-state index in [9.17, 15) is 8.42 Å². The molecule has 0 saturated heterocycles. The first-order valence-corrected chi connectivity index (χ1v) is 7.92. The normalized spacial score (nSPS) is 11.2. The van der Waals surface area contributed by atoms with Gasteiger partial charge in [0.05, 0.1) is 30.2 Å². The van der Waals surface area contributed by atoms with Crippen LogP contribution in [0.2, 0.25) is 10.0 Å². The highest BCUT2D eigenvalue weighted by Crippen LogP contribution is 2.29. The second kappa shape index (κ2) is 6.05. The van der Waals surface area contributed by atoms with Gasteiger partial charge in [0.25, 0.3) is 10.0 Å². The highest BCUT2D eigenvalue weighted by molar-refractivity contribution is 7.92. The van der Waals surface area contributed by atoms with Crippen LogP contribution in [0.4, 0.5) is 5.69 Å². The maximum absolute atomic E-state index is 12.3. The predicted molar refractivity (Wildman–Crippen MR) is 80.6 cm³/mol. The summed E-state index contributed by atoms with van der Waals surface area (Å²) in [4.78, 5) is 7.56. The van der Waals surface area contributed by atoms with Crippen molar-refractivity contribution < 1.29 is 13.2 Å². The van der Waals surface area contributed by atoms with Crippen LogP contribution in [0.3, 0.4) is 0 Å². The van der Waals surface area contributed by atoms with Crippen molar-refractivity contribution in [1.82, 2.24) is 9.97 Å². The van der Waals surface area contributed by atoms with Crippen molar-refractivity contribution in [2.24, 2.45) is 0 Å². The molecule has 2 rings (SSSR count). The molecule has 21 heavy (non-hydrogen) atoms. The van der Waals surface area contributed by atoms with Crippen LogP contribution < -0.4 is 9.46 Å². The lowest BCUT2D eigenvalue weighted by Gasteiger charge is -2.10. The molecule has 1 aromatic carbocycles. The Hall–Kier alpha value is -1.57. The quantitative estimate of drug-likeness (QED) is 0.919. The molecule has 1 heterocycles. The molecule has 0 radical (unpaired) electrons. The number of halogens is 2. The van der Waals surface area contributed by atoms with Crippen LogP contribution in [0.25, 0.3) is 0 Å². The summed E-state index contributed by atoms with van der Waals surface area (Å²) in [6, 6.07) is 2.92. The Kier molecular flexibility index (Phi) is 4.55. The summed E-state index contributed by atoms with van der Waals surface area (Å²) in [7, 11) is -2.45. The number of sulfonamides is 1. The van der Waals surface area contributed by atoms with E-state index in [0.717, 1.165) is 0 Å². The number of aromatic nitrogens is 2. The van der Waals surface area contributed by atoms with E-state index < -0.39 is 10.0 Å². The fourth-order valence-corrected chi connectivity index (χ4v) is 3.38. The molecule has 0 atom stereocenters. The van der Waals surface area contributed by atoms with Gasteiger partial charge in [-0.3, -0.25) is 4.72 Å². The summed E-state index contributed by atoms with van der Waals surface area (Å²) in [5, 5.41) is 0.430. The Morgan fingerprint density at radius 2 is 1.76 bits per heavy atom. The fraction of sp³-hybridized carbons (Fsp3) is 0.167. The zero-order valence-corrected chi connectivity index (χ0v) is 13.4. The van der Waals surface area contributed by atoms with Crippen LogP contribution in [0.15, 0.2) is 29.4 Å². The zero-order chi connectivity index (χ0) is 15.6. The number of hydrogen-bond donors (Lipinski definition) is 1. The summed E-state index contributed by atoms with van der Waals surface area (Å²) in [6.07, 6.45) is 2.58. The predicted octanol–water partition coefficient (Wildman–Crippen LogP) is 2.90. The standard InChI is InChI=1S/C12H11Cl2N3O3S/c1-7-3-11(10(14)4-9(7)13)21(18,19)17-8-5-15-12(20-2)16-6-8/h3-6,17H,1-2H3. The third kappa shape index (κ3) is 3.55. The lowest BCUT2D eigenvalue weighted by molar-refractivity contribution is 0.380. The van der Waals surface area contributed by atoms with E-state index in [-0.39, 0.29) is 21.6 Å². The van der Waals surface area contributed by atoms with Crippen LogP contribution >= 0.6 is 23.2 Å². The third-order valence-corrected chi connectivity index (χ3v) is 4.82. The van der Waals surface area contributed by atoms with E-state index in [0.29, 0.717) is 10.6 Å². The molecule has 0 amide bonds. The van der Waals surface area contributed by atoms with Gasteiger partial charge in [-0.25, -0.2) is 18.4 Å². The molecule has 0 bridgehead atoms. The van der Waals surface area contributed by atoms with Gasteiger partial charge in [-0.05, 0) is 24.6 Å². The molecule has 2 aromatic rings. The molecule has 0 aliphatic carbocycles. The zero-order valence-electron chi connectivity index (χ0n) is 11.1. The van der Waals surface area contributed by atoms with Crippen molar-refractivity contribution in [2.75, 3.05) is 11.8 Å². The molecule has 0 saturated carbocycles. The van der Waals surface area contributed by atoms with Gasteiger partial charge < -0.3 is 4.74 Å². The lowest BCUT2D eigenvalue weighted by Crippen LogP contribution is -2.14. The lowest BCUT2D eigenvalue weighted by atomic mass is 10.2. The van der Waals surface area contributed by atoms with Crippen molar-refractivity contribution in [3.05, 3.63) is 40.1 Å². The molecule has 0 spiro atoms. The van der Waals surface area contributed by atoms with Crippen LogP contribution in [-0.4, -0.2) is 25.5 Å². The van der Waals surface area contributed by atoms with E-state index >= 15 is 0 Å². The van der Waals surface area contributed by atoms with E-state index in [1.54, 1.807) is 6.92 Å². The number of benzene rings is 1. The fourth-order valence-electron chi connectivity index (χ4n) is 1.52. The van der Waals surface area contributed by atoms with Gasteiger partial charge in [0.15, 0.2) is 0 Å². The van der Waals surface area contributed by atoms with Gasteiger partial charge in [0.2, 0.25) is 0 Å². The highest BCUT2D eigenvalue weighted by atomic mass is 35.5. The van der Waals surface area contributed by atoms with Gasteiger partial charge >= 0.3 is 6.01 Å². The molecular weight excluding hydrogens is 337 g/mol. The first-order chi connectivity index (χ1) is 9.83. The number of hydrogen-bond acceptors (Lipinski definition) is 5. The number of nitrogens with one attached hydrogen (secondary N) is 1. The summed E-state index contributed by atoms with van der Waals surface area (Å²) in [6.45, 7) is 1.69. The summed E-state index contributed by atoms with van der Waals surface area (Å²) < 4.78 is 31.8. The average molecular weight is 348 g/mol. The molecule has 112 valence electrons. The van der Waals surface area contributed by atoms with Gasteiger partial charge in [0, 0.05) is 5.02 Å². The largest absolute Gasteiger partial charge is 0.467 e. The third-order valence-electron chi connectivity index (χ3n) is 2.57. The minimum absolute atomic E-state index is 0.0348. The number of rotatable bonds is 4. The molecule has 0 aliphatic heterocycles. The van der Waals surface area contributed by atoms with E-state index in [4.69, 9.17) is 27.9 Å². The Morgan fingerprint density at radius 3 is 2.33 bits per heavy atom. The van der Waals surface area contributed by atoms with Gasteiger partial charge in [-0.1, -0.05) is 23.2 Å². The molecule has 1 N–H and O–H groups in total. The first-order valence-electron chi connectivity index (χ1n) is 5.68. The van der Waals surface area contributed by atoms with Crippen molar-refractivity contribution in [2.45, 2.75) is 11.8 Å². The molecule has 0 fully saturated rings. The SMILES string of the molecule is COc1ncc(NS(=O)(=O)c2cc(C)c(Cl)cc2Cl)cn1. The average Bonchev–Trinajstić information content (AvgIpc) is 2.43. The second-order valence-electron chi connectivity index (χ2n) is 4.10. The number of nitrogens with zero attached hydrogens (tertiary/aromatic N) is 2. The van der Waals surface area contributed by atoms with Crippen LogP contribution in [-0.2, 0) is 10.0 Å². The Labute approximate surface area is 132 Å². The molecule has 6 nitrogen and oxygen atoms in total. The molecular formula is C12H11Cl2N3O3S. The molecule has 9 heteroatoms. The summed E-state index contributed by atoms with van der Waals surface area (Å²) in [5.74, 6) is 0. The second-order valence-corrected chi connectivity index (χ2v) is 6.56. The number of ether oxygens (including phenoxy) is 1. The van der Waals surface area contributed by atoms with Crippen LogP contribution in [0.1, 0.15) is 5.56 Å². The highest BCUT2D eigenvalue weighted by Gasteiger charge is 2.20. The monoisotopic (exact) mass is 347 g/mol. The molecule has 0 aliphatic rings. The maximum atomic E-state index is 12.3. The summed E-state index contributed by atoms with van der Waals surface area (Å²) >= 11 is 11.8. The van der Waals surface area contributed by atoms with E-state index in [1.165, 1.54) is 31.6 Å². The van der Waals surface area contributed by atoms with Crippen molar-refractivity contribution >= 4 is 38.9 Å². The van der Waals surface area contributed by atoms with E-state index in [2.05, 4.69) is 14.7 Å². The van der Waals surface area contributed by atoms with Gasteiger partial charge in [0.1, 0.15) is 4.90 Å². The minimum atomic E-state index is -3.86. The number of methoxy groups -OCH3 is 1. The van der Waals surface area contributed by atoms with Crippen molar-refractivity contribution in [3.63, 3.8) is 0 Å². The van der Waals surface area contributed by atoms with Gasteiger partial charge in [-0.2, -0.15) is 0 Å². The molecule has 1 aromatic heterocycles. The van der Waals surface area contributed by atoms with Gasteiger partial charge in [-0.15, -0.1) is 0 Å². The Balaban J connectivity index is 2.35. The number of aryl methyl sites for hydroxylation is 1. The molecule has 0 unspecified atom stereocenters. The topological polar surface area (TPSA) is 81.2 Å².